The second kappa shape index (κ2) is 18.7. The van der Waals surface area contributed by atoms with E-state index in [1.54, 1.807) is 12.1 Å². The number of benzene rings is 10. The average Bonchev–Trinajstić information content (AvgIpc) is 4.16. The SMILES string of the molecule is [C-]#[N+]c1cccc(C(F)(F)F)c1-c1cc(-n2c3cc(-c4ccc(C)cc4C)ccc3c3ccc(-c4ccc(C)cc4C)cc32)c(C#N)c(-n2c3cc(-c4ccc(C)cc4C)ccc3c3ccc(-c4ccc(C)cc4C)cc32)c1. The molecule has 378 valence electrons. The van der Waals surface area contributed by atoms with E-state index in [9.17, 15) is 5.26 Å². The van der Waals surface area contributed by atoms with Gasteiger partial charge in [0.05, 0.1) is 45.6 Å². The molecule has 0 fully saturated rings. The Morgan fingerprint density at radius 1 is 0.410 bits per heavy atom. The van der Waals surface area contributed by atoms with Gasteiger partial charge < -0.3 is 9.13 Å². The second-order valence-electron chi connectivity index (χ2n) is 21.2. The molecule has 0 unspecified atom stereocenters. The highest BCUT2D eigenvalue weighted by Crippen LogP contribution is 2.48. The third kappa shape index (κ3) is 8.22. The van der Waals surface area contributed by atoms with Crippen molar-refractivity contribution in [3.8, 4) is 73.1 Å². The van der Waals surface area contributed by atoms with Crippen LogP contribution in [0.2, 0.25) is 0 Å². The first kappa shape index (κ1) is 49.4. The Kier molecular flexibility index (Phi) is 11.8. The average molecular weight is 1020 g/mol. The number of hydrogen-bond acceptors (Lipinski definition) is 1. The van der Waals surface area contributed by atoms with Crippen LogP contribution in [-0.4, -0.2) is 9.13 Å². The topological polar surface area (TPSA) is 38.0 Å². The van der Waals surface area contributed by atoms with E-state index >= 15 is 13.2 Å². The van der Waals surface area contributed by atoms with Gasteiger partial charge in [-0.25, -0.2) is 4.85 Å². The van der Waals surface area contributed by atoms with Crippen LogP contribution in [0.15, 0.2) is 176 Å². The highest BCUT2D eigenvalue weighted by molar-refractivity contribution is 6.13. The van der Waals surface area contributed by atoms with Gasteiger partial charge in [0.1, 0.15) is 11.6 Å². The number of nitrogens with zero attached hydrogens (tertiary/aromatic N) is 4. The number of halogens is 3. The number of fused-ring (bicyclic) bond motifs is 6. The highest BCUT2D eigenvalue weighted by Gasteiger charge is 2.35. The lowest BCUT2D eigenvalue weighted by molar-refractivity contribution is -0.137. The maximum Gasteiger partial charge on any atom is 0.415 e. The summed E-state index contributed by atoms with van der Waals surface area (Å²) >= 11 is 0. The highest BCUT2D eigenvalue weighted by atomic mass is 19.4. The molecule has 0 saturated heterocycles. The molecule has 0 aliphatic carbocycles. The number of rotatable bonds is 7. The molecular weight excluding hydrogens is 966 g/mol. The Morgan fingerprint density at radius 2 is 0.744 bits per heavy atom. The molecule has 0 atom stereocenters. The van der Waals surface area contributed by atoms with E-state index in [2.05, 4.69) is 221 Å². The molecule has 2 heterocycles. The van der Waals surface area contributed by atoms with Crippen molar-refractivity contribution in [2.45, 2.75) is 61.6 Å². The molecule has 12 rings (SSSR count). The zero-order chi connectivity index (χ0) is 54.5. The van der Waals surface area contributed by atoms with Gasteiger partial charge in [-0.3, -0.25) is 0 Å². The van der Waals surface area contributed by atoms with Gasteiger partial charge in [0.2, 0.25) is 0 Å². The normalized spacial score (nSPS) is 11.8. The van der Waals surface area contributed by atoms with Crippen molar-refractivity contribution >= 4 is 49.3 Å². The monoisotopic (exact) mass is 1020 g/mol. The largest absolute Gasteiger partial charge is 0.415 e. The molecule has 0 radical (unpaired) electrons. The molecule has 10 aromatic carbocycles. The van der Waals surface area contributed by atoms with Crippen LogP contribution >= 0.6 is 0 Å². The number of aryl methyl sites for hydroxylation is 8. The maximum absolute atomic E-state index is 15.7. The summed E-state index contributed by atoms with van der Waals surface area (Å²) in [5.41, 5.74) is 19.8. The molecule has 2 aromatic heterocycles. The molecule has 12 aromatic rings. The number of alkyl halides is 3. The van der Waals surface area contributed by atoms with Crippen LogP contribution in [-0.2, 0) is 6.18 Å². The first-order chi connectivity index (χ1) is 37.5. The number of hydrogen-bond donors (Lipinski definition) is 0. The Hall–Kier alpha value is -9.43. The number of nitriles is 1. The van der Waals surface area contributed by atoms with Crippen molar-refractivity contribution in [3.63, 3.8) is 0 Å². The lowest BCUT2D eigenvalue weighted by Gasteiger charge is -2.21. The maximum atomic E-state index is 15.7. The lowest BCUT2D eigenvalue weighted by Crippen LogP contribution is -2.09. The van der Waals surface area contributed by atoms with Crippen molar-refractivity contribution in [3.05, 3.63) is 243 Å². The van der Waals surface area contributed by atoms with Gasteiger partial charge in [-0.05, 0) is 170 Å². The Labute approximate surface area is 452 Å². The van der Waals surface area contributed by atoms with Crippen molar-refractivity contribution in [1.82, 2.24) is 9.13 Å². The summed E-state index contributed by atoms with van der Waals surface area (Å²) in [6, 6.07) is 60.8. The van der Waals surface area contributed by atoms with Gasteiger partial charge in [0.15, 0.2) is 5.69 Å². The molecule has 0 amide bonds. The number of aromatic nitrogens is 2. The predicted octanol–water partition coefficient (Wildman–Crippen LogP) is 20.1. The summed E-state index contributed by atoms with van der Waals surface area (Å²) < 4.78 is 51.1. The van der Waals surface area contributed by atoms with Gasteiger partial charge >= 0.3 is 6.18 Å². The fourth-order valence-electron chi connectivity index (χ4n) is 12.2. The van der Waals surface area contributed by atoms with Crippen LogP contribution in [0, 0.1) is 73.3 Å². The van der Waals surface area contributed by atoms with E-state index in [-0.39, 0.29) is 22.4 Å². The first-order valence-electron chi connectivity index (χ1n) is 26.1. The molecule has 78 heavy (non-hydrogen) atoms. The molecule has 0 bridgehead atoms. The smallest absolute Gasteiger partial charge is 0.308 e. The van der Waals surface area contributed by atoms with Crippen molar-refractivity contribution < 1.29 is 13.2 Å². The summed E-state index contributed by atoms with van der Waals surface area (Å²) in [7, 11) is 0. The zero-order valence-electron chi connectivity index (χ0n) is 44.7. The summed E-state index contributed by atoms with van der Waals surface area (Å²) in [6.45, 7) is 25.0. The van der Waals surface area contributed by atoms with Crippen LogP contribution in [0.5, 0.6) is 0 Å². The minimum Gasteiger partial charge on any atom is -0.308 e. The van der Waals surface area contributed by atoms with Gasteiger partial charge in [-0.2, -0.15) is 18.4 Å². The first-order valence-corrected chi connectivity index (χ1v) is 26.1. The minimum absolute atomic E-state index is 0.148. The van der Waals surface area contributed by atoms with Crippen molar-refractivity contribution in [2.75, 3.05) is 0 Å². The van der Waals surface area contributed by atoms with E-state index in [1.807, 2.05) is 0 Å². The van der Waals surface area contributed by atoms with Crippen LogP contribution in [0.1, 0.15) is 55.6 Å². The van der Waals surface area contributed by atoms with Gasteiger partial charge in [-0.1, -0.05) is 162 Å². The molecule has 0 spiro atoms. The third-order valence-corrected chi connectivity index (χ3v) is 15.8. The van der Waals surface area contributed by atoms with E-state index in [1.165, 1.54) is 12.1 Å². The Balaban J connectivity index is 1.28. The van der Waals surface area contributed by atoms with Crippen LogP contribution in [0.25, 0.3) is 115 Å². The van der Waals surface area contributed by atoms with E-state index in [0.717, 1.165) is 139 Å². The van der Waals surface area contributed by atoms with Crippen LogP contribution in [0.3, 0.4) is 0 Å². The van der Waals surface area contributed by atoms with Crippen molar-refractivity contribution in [2.24, 2.45) is 0 Å². The van der Waals surface area contributed by atoms with E-state index in [4.69, 9.17) is 6.57 Å². The molecular formula is C71H53F3N4. The fraction of sp³-hybridized carbons (Fsp3) is 0.127. The molecule has 4 nitrogen and oxygen atoms in total. The van der Waals surface area contributed by atoms with Crippen LogP contribution in [0.4, 0.5) is 18.9 Å². The van der Waals surface area contributed by atoms with Gasteiger partial charge in [0, 0.05) is 21.5 Å². The minimum atomic E-state index is -4.83. The van der Waals surface area contributed by atoms with E-state index < -0.39 is 11.7 Å². The molecule has 0 N–H and O–H groups in total. The molecule has 0 aliphatic rings. The summed E-state index contributed by atoms with van der Waals surface area (Å²) in [4.78, 5) is 3.76. The lowest BCUT2D eigenvalue weighted by atomic mass is 9.94. The standard InChI is InChI=1S/C71H53F3N4/c1-40-13-21-53(44(5)29-40)48-17-25-57-58-26-18-49(54-22-14-41(2)30-45(54)6)34-65(58)77(64(57)33-48)68-37-52(70-62(71(72,73)74)11-10-12-63(70)76-9)38-69(61(68)39-75)78-66-35-50(55-23-15-42(3)31-46(55)7)19-27-59(66)60-28-20-51(36-67(60)78)56-24-16-43(4)32-47(56)8/h10-38H,1-8H3. The Bertz CT molecular complexity index is 4140. The van der Waals surface area contributed by atoms with Gasteiger partial charge in [-0.15, -0.1) is 0 Å². The van der Waals surface area contributed by atoms with Gasteiger partial charge in [0.25, 0.3) is 0 Å². The zero-order valence-corrected chi connectivity index (χ0v) is 44.7. The Morgan fingerprint density at radius 3 is 1.03 bits per heavy atom. The van der Waals surface area contributed by atoms with Crippen molar-refractivity contribution in [1.29, 1.82) is 5.26 Å². The van der Waals surface area contributed by atoms with E-state index in [0.29, 0.717) is 11.4 Å². The van der Waals surface area contributed by atoms with Crippen LogP contribution < -0.4 is 0 Å². The predicted molar refractivity (Wildman–Crippen MR) is 316 cm³/mol. The quantitative estimate of drug-likeness (QED) is 0.147. The second-order valence-corrected chi connectivity index (χ2v) is 21.2. The fourth-order valence-corrected chi connectivity index (χ4v) is 12.2. The molecule has 0 saturated carbocycles. The molecule has 0 aliphatic heterocycles. The summed E-state index contributed by atoms with van der Waals surface area (Å²) in [5, 5.41) is 15.7. The molecule has 7 heteroatoms. The third-order valence-electron chi connectivity index (χ3n) is 15.8. The summed E-state index contributed by atoms with van der Waals surface area (Å²) in [5.74, 6) is 0. The summed E-state index contributed by atoms with van der Waals surface area (Å²) in [6.07, 6.45) is -4.83.